The van der Waals surface area contributed by atoms with Gasteiger partial charge in [-0.25, -0.2) is 0 Å². The molecule has 1 fully saturated rings. The van der Waals surface area contributed by atoms with E-state index in [1.165, 1.54) is 25.7 Å². The second-order valence-electron chi connectivity index (χ2n) is 6.09. The highest BCUT2D eigenvalue weighted by atomic mass is 16.3. The first-order valence-electron chi connectivity index (χ1n) is 6.91. The molecular formula is C14H29NO. The molecule has 0 aromatic heterocycles. The van der Waals surface area contributed by atoms with Gasteiger partial charge in [0.1, 0.15) is 0 Å². The SMILES string of the molecule is CCC(C)(CO)CNCC1CCCC(C)C1. The fraction of sp³-hybridized carbons (Fsp3) is 1.00. The van der Waals surface area contributed by atoms with Crippen molar-refractivity contribution < 1.29 is 5.11 Å². The van der Waals surface area contributed by atoms with Crippen LogP contribution >= 0.6 is 0 Å². The van der Waals surface area contributed by atoms with Crippen molar-refractivity contribution >= 4 is 0 Å². The molecule has 0 aromatic rings. The van der Waals surface area contributed by atoms with Crippen molar-refractivity contribution in [3.63, 3.8) is 0 Å². The summed E-state index contributed by atoms with van der Waals surface area (Å²) in [7, 11) is 0. The van der Waals surface area contributed by atoms with Crippen molar-refractivity contribution in [2.75, 3.05) is 19.7 Å². The molecule has 3 unspecified atom stereocenters. The summed E-state index contributed by atoms with van der Waals surface area (Å²) in [6, 6.07) is 0. The van der Waals surface area contributed by atoms with Gasteiger partial charge in [0.2, 0.25) is 0 Å². The van der Waals surface area contributed by atoms with E-state index in [9.17, 15) is 5.11 Å². The van der Waals surface area contributed by atoms with Crippen molar-refractivity contribution in [1.82, 2.24) is 5.32 Å². The molecule has 2 heteroatoms. The quantitative estimate of drug-likeness (QED) is 0.731. The zero-order valence-corrected chi connectivity index (χ0v) is 11.3. The molecule has 0 aromatic carbocycles. The fourth-order valence-corrected chi connectivity index (χ4v) is 2.62. The molecule has 2 nitrogen and oxygen atoms in total. The lowest BCUT2D eigenvalue weighted by atomic mass is 9.82. The van der Waals surface area contributed by atoms with E-state index in [0.717, 1.165) is 31.3 Å². The average Bonchev–Trinajstić information content (AvgIpc) is 2.29. The Bertz CT molecular complexity index is 189. The zero-order valence-electron chi connectivity index (χ0n) is 11.3. The van der Waals surface area contributed by atoms with E-state index in [1.807, 2.05) is 0 Å². The Morgan fingerprint density at radius 3 is 2.69 bits per heavy atom. The van der Waals surface area contributed by atoms with Gasteiger partial charge in [-0.2, -0.15) is 0 Å². The number of rotatable bonds is 6. The third-order valence-corrected chi connectivity index (χ3v) is 4.27. The van der Waals surface area contributed by atoms with Gasteiger partial charge in [-0.1, -0.05) is 33.6 Å². The number of aliphatic hydroxyl groups is 1. The number of hydrogen-bond acceptors (Lipinski definition) is 2. The third-order valence-electron chi connectivity index (χ3n) is 4.27. The predicted octanol–water partition coefficient (Wildman–Crippen LogP) is 2.81. The van der Waals surface area contributed by atoms with Gasteiger partial charge in [-0.15, -0.1) is 0 Å². The Hall–Kier alpha value is -0.0800. The van der Waals surface area contributed by atoms with Crippen LogP contribution in [0.4, 0.5) is 0 Å². The van der Waals surface area contributed by atoms with Crippen LogP contribution in [0.5, 0.6) is 0 Å². The lowest BCUT2D eigenvalue weighted by molar-refractivity contribution is 0.132. The summed E-state index contributed by atoms with van der Waals surface area (Å²) in [5.41, 5.74) is 0.0697. The molecular weight excluding hydrogens is 198 g/mol. The van der Waals surface area contributed by atoms with Gasteiger partial charge >= 0.3 is 0 Å². The second-order valence-corrected chi connectivity index (χ2v) is 6.09. The Morgan fingerprint density at radius 1 is 1.38 bits per heavy atom. The summed E-state index contributed by atoms with van der Waals surface area (Å²) in [6.45, 7) is 9.06. The van der Waals surface area contributed by atoms with Crippen LogP contribution in [0.15, 0.2) is 0 Å². The van der Waals surface area contributed by atoms with Crippen LogP contribution in [0.2, 0.25) is 0 Å². The van der Waals surface area contributed by atoms with E-state index in [1.54, 1.807) is 0 Å². The molecule has 3 atom stereocenters. The number of hydrogen-bond donors (Lipinski definition) is 2. The Labute approximate surface area is 101 Å². The number of aliphatic hydroxyl groups excluding tert-OH is 1. The van der Waals surface area contributed by atoms with E-state index >= 15 is 0 Å². The Morgan fingerprint density at radius 2 is 2.12 bits per heavy atom. The average molecular weight is 227 g/mol. The first kappa shape index (κ1) is 14.0. The van der Waals surface area contributed by atoms with Crippen LogP contribution in [0.3, 0.4) is 0 Å². The smallest absolute Gasteiger partial charge is 0.0496 e. The van der Waals surface area contributed by atoms with Crippen LogP contribution in [0, 0.1) is 17.3 Å². The van der Waals surface area contributed by atoms with Gasteiger partial charge in [0.15, 0.2) is 0 Å². The van der Waals surface area contributed by atoms with Gasteiger partial charge < -0.3 is 10.4 Å². The third kappa shape index (κ3) is 4.42. The molecule has 1 saturated carbocycles. The Kier molecular flexibility index (Phi) is 5.77. The molecule has 1 aliphatic rings. The predicted molar refractivity (Wildman–Crippen MR) is 69.5 cm³/mol. The van der Waals surface area contributed by atoms with E-state index in [0.29, 0.717) is 0 Å². The summed E-state index contributed by atoms with van der Waals surface area (Å²) in [4.78, 5) is 0. The maximum atomic E-state index is 9.32. The molecule has 0 amide bonds. The monoisotopic (exact) mass is 227 g/mol. The normalized spacial score (nSPS) is 30.0. The molecule has 2 N–H and O–H groups in total. The maximum absolute atomic E-state index is 9.32. The van der Waals surface area contributed by atoms with E-state index in [2.05, 4.69) is 26.1 Å². The lowest BCUT2D eigenvalue weighted by Gasteiger charge is -2.30. The lowest BCUT2D eigenvalue weighted by Crippen LogP contribution is -2.37. The molecule has 0 aliphatic heterocycles. The van der Waals surface area contributed by atoms with Crippen LogP contribution in [-0.4, -0.2) is 24.8 Å². The fourth-order valence-electron chi connectivity index (χ4n) is 2.62. The van der Waals surface area contributed by atoms with Crippen molar-refractivity contribution in [3.05, 3.63) is 0 Å². The molecule has 0 spiro atoms. The second kappa shape index (κ2) is 6.61. The summed E-state index contributed by atoms with van der Waals surface area (Å²) < 4.78 is 0. The van der Waals surface area contributed by atoms with Crippen LogP contribution < -0.4 is 5.32 Å². The van der Waals surface area contributed by atoms with Gasteiger partial charge in [-0.05, 0) is 37.6 Å². The molecule has 16 heavy (non-hydrogen) atoms. The topological polar surface area (TPSA) is 32.3 Å². The minimum Gasteiger partial charge on any atom is -0.396 e. The summed E-state index contributed by atoms with van der Waals surface area (Å²) >= 11 is 0. The van der Waals surface area contributed by atoms with Gasteiger partial charge in [0.05, 0.1) is 0 Å². The first-order chi connectivity index (χ1) is 7.59. The van der Waals surface area contributed by atoms with Crippen molar-refractivity contribution in [2.24, 2.45) is 17.3 Å². The molecule has 96 valence electrons. The highest BCUT2D eigenvalue weighted by molar-refractivity contribution is 4.77. The minimum atomic E-state index is 0.0697. The van der Waals surface area contributed by atoms with Gasteiger partial charge in [0.25, 0.3) is 0 Å². The largest absolute Gasteiger partial charge is 0.396 e. The van der Waals surface area contributed by atoms with Gasteiger partial charge in [-0.3, -0.25) is 0 Å². The zero-order chi connectivity index (χ0) is 12.0. The molecule has 1 rings (SSSR count). The molecule has 0 heterocycles. The van der Waals surface area contributed by atoms with Crippen LogP contribution in [0.25, 0.3) is 0 Å². The standard InChI is InChI=1S/C14H29NO/c1-4-14(3,11-16)10-15-9-13-7-5-6-12(2)8-13/h12-13,15-16H,4-11H2,1-3H3. The highest BCUT2D eigenvalue weighted by Gasteiger charge is 2.22. The molecule has 0 saturated heterocycles. The van der Waals surface area contributed by atoms with Crippen LogP contribution in [-0.2, 0) is 0 Å². The van der Waals surface area contributed by atoms with Crippen molar-refractivity contribution in [1.29, 1.82) is 0 Å². The molecule has 0 bridgehead atoms. The summed E-state index contributed by atoms with van der Waals surface area (Å²) in [5, 5.41) is 12.9. The van der Waals surface area contributed by atoms with Crippen LogP contribution in [0.1, 0.15) is 52.9 Å². The summed E-state index contributed by atoms with van der Waals surface area (Å²) in [6.07, 6.45) is 6.63. The molecule has 0 radical (unpaired) electrons. The van der Waals surface area contributed by atoms with Gasteiger partial charge in [0, 0.05) is 18.6 Å². The van der Waals surface area contributed by atoms with E-state index in [4.69, 9.17) is 0 Å². The highest BCUT2D eigenvalue weighted by Crippen LogP contribution is 2.28. The molecule has 1 aliphatic carbocycles. The Balaban J connectivity index is 2.19. The van der Waals surface area contributed by atoms with E-state index in [-0.39, 0.29) is 12.0 Å². The van der Waals surface area contributed by atoms with E-state index < -0.39 is 0 Å². The van der Waals surface area contributed by atoms with Crippen molar-refractivity contribution in [3.8, 4) is 0 Å². The first-order valence-corrected chi connectivity index (χ1v) is 6.91. The minimum absolute atomic E-state index is 0.0697. The van der Waals surface area contributed by atoms with Crippen molar-refractivity contribution in [2.45, 2.75) is 52.9 Å². The number of nitrogens with one attached hydrogen (secondary N) is 1. The summed E-state index contributed by atoms with van der Waals surface area (Å²) in [5.74, 6) is 1.78. The maximum Gasteiger partial charge on any atom is 0.0496 e.